The van der Waals surface area contributed by atoms with Gasteiger partial charge in [-0.05, 0) is 6.07 Å². The van der Waals surface area contributed by atoms with Crippen molar-refractivity contribution in [2.24, 2.45) is 0 Å². The molecule has 1 saturated heterocycles. The predicted molar refractivity (Wildman–Crippen MR) is 70.0 cm³/mol. The van der Waals surface area contributed by atoms with Gasteiger partial charge >= 0.3 is 0 Å². The number of hydrogen-bond acceptors (Lipinski definition) is 3. The molecule has 0 N–H and O–H groups in total. The molecule has 1 unspecified atom stereocenters. The molecule has 1 aliphatic rings. The van der Waals surface area contributed by atoms with Gasteiger partial charge in [-0.1, -0.05) is 23.7 Å². The summed E-state index contributed by atoms with van der Waals surface area (Å²) in [4.78, 5) is 12.9. The minimum Gasteiger partial charge on any atom is -0.337 e. The van der Waals surface area contributed by atoms with E-state index in [2.05, 4.69) is 0 Å². The van der Waals surface area contributed by atoms with Gasteiger partial charge in [-0.2, -0.15) is 0 Å². The van der Waals surface area contributed by atoms with E-state index in [1.807, 2.05) is 0 Å². The number of hydrogen-bond donors (Lipinski definition) is 0. The monoisotopic (exact) mass is 325 g/mol. The van der Waals surface area contributed by atoms with E-state index in [9.17, 15) is 17.6 Å². The van der Waals surface area contributed by atoms with E-state index in [1.165, 1.54) is 17.0 Å². The summed E-state index contributed by atoms with van der Waals surface area (Å²) in [5.74, 6) is -0.970. The quantitative estimate of drug-likeness (QED) is 0.800. The predicted octanol–water partition coefficient (Wildman–Crippen LogP) is 2.15. The van der Waals surface area contributed by atoms with Crippen LogP contribution in [0.1, 0.15) is 12.0 Å². The molecule has 0 radical (unpaired) electrons. The van der Waals surface area contributed by atoms with Crippen LogP contribution in [-0.2, 0) is 20.4 Å². The van der Waals surface area contributed by atoms with E-state index in [-0.39, 0.29) is 36.0 Å². The van der Waals surface area contributed by atoms with Gasteiger partial charge in [0.2, 0.25) is 15.0 Å². The molecule has 1 aliphatic heterocycles. The minimum atomic E-state index is -3.79. The van der Waals surface area contributed by atoms with Crippen molar-refractivity contribution in [2.45, 2.75) is 18.2 Å². The largest absolute Gasteiger partial charge is 0.337 e. The highest BCUT2D eigenvalue weighted by Gasteiger charge is 2.37. The number of carbonyl (C=O) groups excluding carboxylic acids is 1. The standard InChI is InChI=1S/C11H10Cl2FNO3S/c12-9-3-1-2-7(11(9)14)5-15-6-8(4-10(15)16)19(13,17)18/h1-3,8H,4-6H2. The third kappa shape index (κ3) is 3.19. The molecule has 1 fully saturated rings. The topological polar surface area (TPSA) is 54.5 Å². The molecule has 1 amide bonds. The van der Waals surface area contributed by atoms with Gasteiger partial charge in [0.15, 0.2) is 0 Å². The first-order chi connectivity index (χ1) is 8.79. The van der Waals surface area contributed by atoms with Crippen LogP contribution < -0.4 is 0 Å². The summed E-state index contributed by atoms with van der Waals surface area (Å²) in [5.41, 5.74) is 0.244. The van der Waals surface area contributed by atoms with Gasteiger partial charge < -0.3 is 4.90 Å². The second kappa shape index (κ2) is 5.26. The zero-order valence-electron chi connectivity index (χ0n) is 9.64. The average molecular weight is 326 g/mol. The molecule has 0 saturated carbocycles. The summed E-state index contributed by atoms with van der Waals surface area (Å²) in [7, 11) is 1.44. The first-order valence-electron chi connectivity index (χ1n) is 5.43. The molecule has 0 aromatic heterocycles. The SMILES string of the molecule is O=C1CC(S(=O)(=O)Cl)CN1Cc1cccc(Cl)c1F. The zero-order valence-corrected chi connectivity index (χ0v) is 12.0. The lowest BCUT2D eigenvalue weighted by Crippen LogP contribution is -2.27. The highest BCUT2D eigenvalue weighted by molar-refractivity contribution is 8.14. The number of carbonyl (C=O) groups is 1. The molecular weight excluding hydrogens is 316 g/mol. The van der Waals surface area contributed by atoms with Crippen LogP contribution in [-0.4, -0.2) is 31.0 Å². The smallest absolute Gasteiger partial charge is 0.237 e. The fraction of sp³-hybridized carbons (Fsp3) is 0.364. The van der Waals surface area contributed by atoms with E-state index in [4.69, 9.17) is 22.3 Å². The lowest BCUT2D eigenvalue weighted by atomic mass is 10.2. The summed E-state index contributed by atoms with van der Waals surface area (Å²) in [5, 5.41) is -0.977. The Morgan fingerprint density at radius 3 is 2.68 bits per heavy atom. The normalized spacial score (nSPS) is 20.1. The Labute approximate surface area is 119 Å². The summed E-state index contributed by atoms with van der Waals surface area (Å²) >= 11 is 5.64. The molecule has 1 aromatic carbocycles. The van der Waals surface area contributed by atoms with Gasteiger partial charge in [-0.3, -0.25) is 4.79 Å². The lowest BCUT2D eigenvalue weighted by Gasteiger charge is -2.16. The Bertz CT molecular complexity index is 620. The Morgan fingerprint density at radius 1 is 1.42 bits per heavy atom. The van der Waals surface area contributed by atoms with E-state index >= 15 is 0 Å². The summed E-state index contributed by atoms with van der Waals surface area (Å²) in [6.07, 6.45) is -0.173. The molecule has 1 aromatic rings. The second-order valence-electron chi connectivity index (χ2n) is 4.29. The molecule has 4 nitrogen and oxygen atoms in total. The van der Waals surface area contributed by atoms with Crippen molar-refractivity contribution in [1.82, 2.24) is 4.90 Å². The van der Waals surface area contributed by atoms with Crippen LogP contribution in [0.4, 0.5) is 4.39 Å². The molecule has 0 spiro atoms. The van der Waals surface area contributed by atoms with E-state index in [1.54, 1.807) is 6.07 Å². The number of likely N-dealkylation sites (tertiary alicyclic amines) is 1. The van der Waals surface area contributed by atoms with Gasteiger partial charge in [0.05, 0.1) is 5.02 Å². The van der Waals surface area contributed by atoms with Crippen molar-refractivity contribution >= 4 is 37.2 Å². The maximum atomic E-state index is 13.7. The Morgan fingerprint density at radius 2 is 2.11 bits per heavy atom. The fourth-order valence-electron chi connectivity index (χ4n) is 1.95. The molecule has 1 atom stereocenters. The van der Waals surface area contributed by atoms with Crippen molar-refractivity contribution in [2.75, 3.05) is 6.54 Å². The number of benzene rings is 1. The van der Waals surface area contributed by atoms with E-state index in [0.717, 1.165) is 0 Å². The zero-order chi connectivity index (χ0) is 14.2. The molecule has 1 heterocycles. The van der Waals surface area contributed by atoms with Crippen molar-refractivity contribution in [3.8, 4) is 0 Å². The third-order valence-corrected chi connectivity index (χ3v) is 5.13. The van der Waals surface area contributed by atoms with Crippen LogP contribution in [0.5, 0.6) is 0 Å². The number of halogens is 3. The molecule has 0 bridgehead atoms. The van der Waals surface area contributed by atoms with Crippen LogP contribution in [0.2, 0.25) is 5.02 Å². The minimum absolute atomic E-state index is 0.0197. The summed E-state index contributed by atoms with van der Waals surface area (Å²) < 4.78 is 36.1. The van der Waals surface area contributed by atoms with Crippen molar-refractivity contribution < 1.29 is 17.6 Å². The van der Waals surface area contributed by atoms with Crippen molar-refractivity contribution in [3.05, 3.63) is 34.6 Å². The van der Waals surface area contributed by atoms with E-state index in [0.29, 0.717) is 0 Å². The highest BCUT2D eigenvalue weighted by atomic mass is 35.7. The Balaban J connectivity index is 2.17. The Kier molecular flexibility index (Phi) is 4.03. The molecule has 104 valence electrons. The van der Waals surface area contributed by atoms with Gasteiger partial charge in [0.1, 0.15) is 11.1 Å². The van der Waals surface area contributed by atoms with E-state index < -0.39 is 20.1 Å². The number of nitrogens with zero attached hydrogens (tertiary/aromatic N) is 1. The lowest BCUT2D eigenvalue weighted by molar-refractivity contribution is -0.128. The summed E-state index contributed by atoms with van der Waals surface area (Å²) in [6, 6.07) is 4.46. The first kappa shape index (κ1) is 14.6. The van der Waals surface area contributed by atoms with Gasteiger partial charge in [-0.15, -0.1) is 0 Å². The second-order valence-corrected chi connectivity index (χ2v) is 7.60. The first-order valence-corrected chi connectivity index (χ1v) is 8.18. The summed E-state index contributed by atoms with van der Waals surface area (Å²) in [6.45, 7) is -0.0508. The number of rotatable bonds is 3. The molecule has 2 rings (SSSR count). The van der Waals surface area contributed by atoms with Crippen LogP contribution in [0.3, 0.4) is 0 Å². The molecule has 0 aliphatic carbocycles. The van der Waals surface area contributed by atoms with Crippen LogP contribution >= 0.6 is 22.3 Å². The van der Waals surface area contributed by atoms with Crippen LogP contribution in [0, 0.1) is 5.82 Å². The van der Waals surface area contributed by atoms with Crippen LogP contribution in [0.15, 0.2) is 18.2 Å². The molecular formula is C11H10Cl2FNO3S. The number of amides is 1. The maximum absolute atomic E-state index is 13.7. The molecule has 19 heavy (non-hydrogen) atoms. The maximum Gasteiger partial charge on any atom is 0.237 e. The third-order valence-electron chi connectivity index (χ3n) is 2.97. The van der Waals surface area contributed by atoms with Crippen molar-refractivity contribution in [3.63, 3.8) is 0 Å². The van der Waals surface area contributed by atoms with Crippen molar-refractivity contribution in [1.29, 1.82) is 0 Å². The van der Waals surface area contributed by atoms with Gasteiger partial charge in [-0.25, -0.2) is 12.8 Å². The fourth-order valence-corrected chi connectivity index (χ4v) is 3.21. The van der Waals surface area contributed by atoms with Crippen LogP contribution in [0.25, 0.3) is 0 Å². The Hall–Kier alpha value is -0.850. The van der Waals surface area contributed by atoms with Gasteiger partial charge in [0, 0.05) is 35.8 Å². The van der Waals surface area contributed by atoms with Gasteiger partial charge in [0.25, 0.3) is 0 Å². The molecule has 8 heteroatoms. The average Bonchev–Trinajstić information content (AvgIpc) is 2.67. The highest BCUT2D eigenvalue weighted by Crippen LogP contribution is 2.25.